The van der Waals surface area contributed by atoms with Crippen LogP contribution in [-0.2, 0) is 9.59 Å². The Balaban J connectivity index is 1.54. The SMILES string of the molecule is COc1ccccc1NC(=O)C(=O)N/N=C/c1c(OC(=O)c2ccc(C)cc2)ccc2ccccc12. The first-order valence-corrected chi connectivity index (χ1v) is 11.0. The number of carbonyl (C=O) groups is 3. The van der Waals surface area contributed by atoms with Gasteiger partial charge in [-0.1, -0.05) is 60.2 Å². The number of amides is 2. The Labute approximate surface area is 207 Å². The van der Waals surface area contributed by atoms with Gasteiger partial charge < -0.3 is 14.8 Å². The van der Waals surface area contributed by atoms with Gasteiger partial charge in [0.2, 0.25) is 0 Å². The zero-order valence-electron chi connectivity index (χ0n) is 19.6. The van der Waals surface area contributed by atoms with Gasteiger partial charge in [0.25, 0.3) is 0 Å². The Bertz CT molecular complexity index is 1460. The van der Waals surface area contributed by atoms with Crippen molar-refractivity contribution in [3.63, 3.8) is 0 Å². The maximum Gasteiger partial charge on any atom is 0.343 e. The number of hydrazone groups is 1. The number of ether oxygens (including phenoxy) is 2. The second-order valence-corrected chi connectivity index (χ2v) is 7.81. The molecule has 0 aliphatic rings. The molecule has 0 saturated heterocycles. The monoisotopic (exact) mass is 481 g/mol. The van der Waals surface area contributed by atoms with Gasteiger partial charge in [0.15, 0.2) is 0 Å². The standard InChI is InChI=1S/C28H23N3O5/c1-18-11-13-20(14-12-18)28(34)36-24-16-15-19-7-3-4-8-21(19)22(24)17-29-31-27(33)26(32)30-23-9-5-6-10-25(23)35-2/h3-17H,1-2H3,(H,30,32)(H,31,33)/b29-17+. The Morgan fingerprint density at radius 3 is 2.31 bits per heavy atom. The minimum Gasteiger partial charge on any atom is -0.495 e. The van der Waals surface area contributed by atoms with Gasteiger partial charge in [-0.05, 0) is 48.0 Å². The molecule has 0 bridgehead atoms. The van der Waals surface area contributed by atoms with E-state index in [1.54, 1.807) is 42.5 Å². The number of nitrogens with zero attached hydrogens (tertiary/aromatic N) is 1. The highest BCUT2D eigenvalue weighted by Crippen LogP contribution is 2.27. The van der Waals surface area contributed by atoms with E-state index in [2.05, 4.69) is 15.8 Å². The first kappa shape index (κ1) is 24.2. The number of benzene rings is 4. The third-order valence-electron chi connectivity index (χ3n) is 5.34. The molecule has 2 amide bonds. The highest BCUT2D eigenvalue weighted by atomic mass is 16.5. The van der Waals surface area contributed by atoms with E-state index in [-0.39, 0.29) is 5.75 Å². The first-order valence-electron chi connectivity index (χ1n) is 11.0. The van der Waals surface area contributed by atoms with Crippen molar-refractivity contribution in [3.05, 3.63) is 102 Å². The number of anilines is 1. The number of esters is 1. The Kier molecular flexibility index (Phi) is 7.36. The molecule has 4 aromatic rings. The van der Waals surface area contributed by atoms with Crippen molar-refractivity contribution >= 4 is 40.5 Å². The topological polar surface area (TPSA) is 106 Å². The molecule has 8 heteroatoms. The lowest BCUT2D eigenvalue weighted by Crippen LogP contribution is -2.32. The molecule has 4 rings (SSSR count). The quantitative estimate of drug-likeness (QED) is 0.139. The summed E-state index contributed by atoms with van der Waals surface area (Å²) in [6.45, 7) is 1.93. The van der Waals surface area contributed by atoms with Gasteiger partial charge in [0.1, 0.15) is 11.5 Å². The molecule has 4 aromatic carbocycles. The molecule has 0 aromatic heterocycles. The molecule has 0 aliphatic heterocycles. The molecule has 0 aliphatic carbocycles. The number of aryl methyl sites for hydroxylation is 1. The lowest BCUT2D eigenvalue weighted by Gasteiger charge is -2.11. The number of hydrogen-bond donors (Lipinski definition) is 2. The fraction of sp³-hybridized carbons (Fsp3) is 0.0714. The lowest BCUT2D eigenvalue weighted by atomic mass is 10.0. The van der Waals surface area contributed by atoms with Crippen LogP contribution in [0.4, 0.5) is 5.69 Å². The van der Waals surface area contributed by atoms with E-state index < -0.39 is 17.8 Å². The van der Waals surface area contributed by atoms with Gasteiger partial charge in [-0.3, -0.25) is 9.59 Å². The molecule has 2 N–H and O–H groups in total. The van der Waals surface area contributed by atoms with E-state index in [1.165, 1.54) is 13.3 Å². The Hall–Kier alpha value is -4.98. The summed E-state index contributed by atoms with van der Waals surface area (Å²) in [6.07, 6.45) is 1.34. The van der Waals surface area contributed by atoms with Crippen molar-refractivity contribution in [2.24, 2.45) is 5.10 Å². The van der Waals surface area contributed by atoms with Crippen LogP contribution in [0.2, 0.25) is 0 Å². The summed E-state index contributed by atoms with van der Waals surface area (Å²) in [4.78, 5) is 37.3. The highest BCUT2D eigenvalue weighted by Gasteiger charge is 2.16. The van der Waals surface area contributed by atoms with Crippen molar-refractivity contribution < 1.29 is 23.9 Å². The van der Waals surface area contributed by atoms with Crippen LogP contribution < -0.4 is 20.2 Å². The van der Waals surface area contributed by atoms with Gasteiger partial charge in [0, 0.05) is 5.56 Å². The van der Waals surface area contributed by atoms with E-state index in [0.29, 0.717) is 22.6 Å². The number of nitrogens with one attached hydrogen (secondary N) is 2. The molecule has 8 nitrogen and oxygen atoms in total. The molecule has 36 heavy (non-hydrogen) atoms. The number of rotatable bonds is 6. The van der Waals surface area contributed by atoms with E-state index in [4.69, 9.17) is 9.47 Å². The average molecular weight is 482 g/mol. The average Bonchev–Trinajstić information content (AvgIpc) is 2.90. The summed E-state index contributed by atoms with van der Waals surface area (Å²) in [7, 11) is 1.46. The predicted molar refractivity (Wildman–Crippen MR) is 137 cm³/mol. The normalized spacial score (nSPS) is 10.7. The summed E-state index contributed by atoms with van der Waals surface area (Å²) in [5.41, 5.74) is 4.46. The van der Waals surface area contributed by atoms with Crippen LogP contribution in [0.1, 0.15) is 21.5 Å². The molecule has 0 fully saturated rings. The van der Waals surface area contributed by atoms with E-state index in [1.807, 2.05) is 49.4 Å². The minimum absolute atomic E-state index is 0.260. The van der Waals surface area contributed by atoms with Gasteiger partial charge >= 0.3 is 17.8 Å². The zero-order chi connectivity index (χ0) is 25.5. The van der Waals surface area contributed by atoms with Gasteiger partial charge in [-0.2, -0.15) is 5.10 Å². The minimum atomic E-state index is -0.976. The summed E-state index contributed by atoms with van der Waals surface area (Å²) in [5.74, 6) is -1.75. The third kappa shape index (κ3) is 5.56. The second kappa shape index (κ2) is 11.0. The fourth-order valence-electron chi connectivity index (χ4n) is 3.48. The Morgan fingerprint density at radius 2 is 1.53 bits per heavy atom. The zero-order valence-corrected chi connectivity index (χ0v) is 19.6. The van der Waals surface area contributed by atoms with Crippen LogP contribution in [-0.4, -0.2) is 31.1 Å². The maximum atomic E-state index is 12.7. The van der Waals surface area contributed by atoms with Crippen LogP contribution in [0.25, 0.3) is 10.8 Å². The number of carbonyl (C=O) groups excluding carboxylic acids is 3. The van der Waals surface area contributed by atoms with Crippen molar-refractivity contribution in [2.45, 2.75) is 6.92 Å². The van der Waals surface area contributed by atoms with E-state index in [9.17, 15) is 14.4 Å². The molecule has 0 heterocycles. The number of para-hydroxylation sites is 2. The summed E-state index contributed by atoms with van der Waals surface area (Å²) in [6, 6.07) is 24.7. The Morgan fingerprint density at radius 1 is 0.806 bits per heavy atom. The van der Waals surface area contributed by atoms with Crippen LogP contribution in [0.15, 0.2) is 90.0 Å². The number of hydrogen-bond acceptors (Lipinski definition) is 6. The largest absolute Gasteiger partial charge is 0.495 e. The fourth-order valence-corrected chi connectivity index (χ4v) is 3.48. The molecule has 0 spiro atoms. The molecular formula is C28H23N3O5. The third-order valence-corrected chi connectivity index (χ3v) is 5.34. The molecular weight excluding hydrogens is 458 g/mol. The van der Waals surface area contributed by atoms with Crippen molar-refractivity contribution in [1.82, 2.24) is 5.43 Å². The van der Waals surface area contributed by atoms with Crippen molar-refractivity contribution in [1.29, 1.82) is 0 Å². The van der Waals surface area contributed by atoms with Crippen molar-refractivity contribution in [2.75, 3.05) is 12.4 Å². The molecule has 0 saturated carbocycles. The molecule has 180 valence electrons. The van der Waals surface area contributed by atoms with Crippen LogP contribution in [0, 0.1) is 6.92 Å². The number of fused-ring (bicyclic) bond motifs is 1. The first-order chi connectivity index (χ1) is 17.5. The summed E-state index contributed by atoms with van der Waals surface area (Å²) >= 11 is 0. The smallest absolute Gasteiger partial charge is 0.343 e. The highest BCUT2D eigenvalue weighted by molar-refractivity contribution is 6.39. The summed E-state index contributed by atoms with van der Waals surface area (Å²) < 4.78 is 10.8. The molecule has 0 atom stereocenters. The van der Waals surface area contributed by atoms with Gasteiger partial charge in [0.05, 0.1) is 24.6 Å². The van der Waals surface area contributed by atoms with Crippen LogP contribution in [0.3, 0.4) is 0 Å². The van der Waals surface area contributed by atoms with E-state index >= 15 is 0 Å². The molecule has 0 radical (unpaired) electrons. The maximum absolute atomic E-state index is 12.7. The number of methoxy groups -OCH3 is 1. The van der Waals surface area contributed by atoms with Crippen LogP contribution >= 0.6 is 0 Å². The van der Waals surface area contributed by atoms with Gasteiger partial charge in [-0.25, -0.2) is 10.2 Å². The van der Waals surface area contributed by atoms with E-state index in [0.717, 1.165) is 16.3 Å². The summed E-state index contributed by atoms with van der Waals surface area (Å²) in [5, 5.41) is 8.06. The lowest BCUT2D eigenvalue weighted by molar-refractivity contribution is -0.136. The van der Waals surface area contributed by atoms with Crippen LogP contribution in [0.5, 0.6) is 11.5 Å². The van der Waals surface area contributed by atoms with Crippen molar-refractivity contribution in [3.8, 4) is 11.5 Å². The predicted octanol–water partition coefficient (Wildman–Crippen LogP) is 4.46. The molecule has 0 unspecified atom stereocenters. The second-order valence-electron chi connectivity index (χ2n) is 7.81. The van der Waals surface area contributed by atoms with Gasteiger partial charge in [-0.15, -0.1) is 0 Å².